The summed E-state index contributed by atoms with van der Waals surface area (Å²) in [5.41, 5.74) is 1.03. The molecule has 8 heteroatoms. The summed E-state index contributed by atoms with van der Waals surface area (Å²) in [6.07, 6.45) is 3.47. The van der Waals surface area contributed by atoms with Gasteiger partial charge in [-0.1, -0.05) is 0 Å². The summed E-state index contributed by atoms with van der Waals surface area (Å²) in [6, 6.07) is 5.91. The molecule has 1 N–H and O–H groups in total. The predicted octanol–water partition coefficient (Wildman–Crippen LogP) is 4.04. The molecule has 0 radical (unpaired) electrons. The van der Waals surface area contributed by atoms with Crippen LogP contribution in [0.4, 0.5) is 20.2 Å². The molecule has 1 heterocycles. The Balaban J connectivity index is 1.88. The van der Waals surface area contributed by atoms with Crippen molar-refractivity contribution in [2.45, 2.75) is 37.6 Å². The number of alkyl halides is 2. The van der Waals surface area contributed by atoms with Gasteiger partial charge < -0.3 is 5.32 Å². The summed E-state index contributed by atoms with van der Waals surface area (Å²) in [5.74, 6) is -2.25. The highest BCUT2D eigenvalue weighted by Crippen LogP contribution is 2.36. The highest BCUT2D eigenvalue weighted by atomic mass is 19.3. The molecule has 0 saturated heterocycles. The number of nitro benzene ring substituents is 1. The molecule has 1 aromatic heterocycles. The normalized spacial score (nSPS) is 17.4. The van der Waals surface area contributed by atoms with E-state index in [0.717, 1.165) is 0 Å². The van der Waals surface area contributed by atoms with E-state index < -0.39 is 10.8 Å². The molecular weight excluding hydrogens is 318 g/mol. The second-order valence-electron chi connectivity index (χ2n) is 5.83. The Hall–Kier alpha value is -2.64. The maximum absolute atomic E-state index is 13.3. The highest BCUT2D eigenvalue weighted by molar-refractivity contribution is 5.76. The zero-order valence-corrected chi connectivity index (χ0v) is 12.8. The fourth-order valence-corrected chi connectivity index (χ4v) is 2.80. The topological polar surface area (TPSA) is 81.0 Å². The maximum Gasteiger partial charge on any atom is 0.270 e. The van der Waals surface area contributed by atoms with Gasteiger partial charge in [0.25, 0.3) is 5.69 Å². The van der Waals surface area contributed by atoms with Crippen molar-refractivity contribution >= 4 is 11.4 Å². The summed E-state index contributed by atoms with van der Waals surface area (Å²) in [7, 11) is 0. The van der Waals surface area contributed by atoms with Crippen LogP contribution in [0.3, 0.4) is 0 Å². The van der Waals surface area contributed by atoms with Gasteiger partial charge in [-0.3, -0.25) is 10.1 Å². The Bertz CT molecular complexity index is 730. The monoisotopic (exact) mass is 334 g/mol. The first-order valence-corrected chi connectivity index (χ1v) is 7.65. The van der Waals surface area contributed by atoms with E-state index in [1.54, 1.807) is 24.5 Å². The minimum absolute atomic E-state index is 0.0711. The Morgan fingerprint density at radius 1 is 1.21 bits per heavy atom. The standard InChI is InChI=1S/C16H16F2N4O2/c17-16(18)6-4-11(5-7-16)21-14-3-2-12(22(23)24)10-13(14)15-19-8-1-9-20-15/h1-3,8-11,21H,4-7H2. The van der Waals surface area contributed by atoms with Gasteiger partial charge in [0.1, 0.15) is 0 Å². The van der Waals surface area contributed by atoms with Crippen molar-refractivity contribution in [3.63, 3.8) is 0 Å². The van der Waals surface area contributed by atoms with Crippen LogP contribution in [-0.4, -0.2) is 26.9 Å². The molecule has 2 aromatic rings. The van der Waals surface area contributed by atoms with Crippen molar-refractivity contribution in [1.82, 2.24) is 9.97 Å². The third kappa shape index (κ3) is 3.64. The lowest BCUT2D eigenvalue weighted by atomic mass is 9.92. The fourth-order valence-electron chi connectivity index (χ4n) is 2.80. The van der Waals surface area contributed by atoms with E-state index in [-0.39, 0.29) is 24.6 Å². The van der Waals surface area contributed by atoms with E-state index in [1.807, 2.05) is 0 Å². The molecule has 0 spiro atoms. The number of aromatic nitrogens is 2. The Morgan fingerprint density at radius 3 is 2.50 bits per heavy atom. The molecule has 1 fully saturated rings. The average Bonchev–Trinajstić information content (AvgIpc) is 2.57. The van der Waals surface area contributed by atoms with Gasteiger partial charge >= 0.3 is 0 Å². The molecule has 0 amide bonds. The van der Waals surface area contributed by atoms with Gasteiger partial charge in [-0.2, -0.15) is 0 Å². The first kappa shape index (κ1) is 16.2. The number of non-ortho nitro benzene ring substituents is 1. The van der Waals surface area contributed by atoms with Crippen molar-refractivity contribution < 1.29 is 13.7 Å². The van der Waals surface area contributed by atoms with Gasteiger partial charge in [-0.05, 0) is 25.0 Å². The Kier molecular flexibility index (Phi) is 4.37. The maximum atomic E-state index is 13.3. The Labute approximate surface area is 137 Å². The van der Waals surface area contributed by atoms with E-state index in [0.29, 0.717) is 29.9 Å². The average molecular weight is 334 g/mol. The molecule has 0 aliphatic heterocycles. The quantitative estimate of drug-likeness (QED) is 0.674. The summed E-state index contributed by atoms with van der Waals surface area (Å²) in [5, 5.41) is 14.2. The zero-order chi connectivity index (χ0) is 17.2. The second kappa shape index (κ2) is 6.46. The number of rotatable bonds is 4. The van der Waals surface area contributed by atoms with Crippen molar-refractivity contribution in [2.75, 3.05) is 5.32 Å². The second-order valence-corrected chi connectivity index (χ2v) is 5.83. The SMILES string of the molecule is O=[N+]([O-])c1ccc(NC2CCC(F)(F)CC2)c(-c2ncccn2)c1. The molecule has 126 valence electrons. The first-order valence-electron chi connectivity index (χ1n) is 7.65. The van der Waals surface area contributed by atoms with Gasteiger partial charge in [0.2, 0.25) is 5.92 Å². The van der Waals surface area contributed by atoms with Crippen LogP contribution in [0.2, 0.25) is 0 Å². The van der Waals surface area contributed by atoms with E-state index in [4.69, 9.17) is 0 Å². The lowest BCUT2D eigenvalue weighted by molar-refractivity contribution is -0.384. The number of nitrogens with zero attached hydrogens (tertiary/aromatic N) is 3. The van der Waals surface area contributed by atoms with Gasteiger partial charge in [0.15, 0.2) is 5.82 Å². The number of nitrogens with one attached hydrogen (secondary N) is 1. The van der Waals surface area contributed by atoms with Gasteiger partial charge in [0, 0.05) is 54.7 Å². The zero-order valence-electron chi connectivity index (χ0n) is 12.8. The lowest BCUT2D eigenvalue weighted by Gasteiger charge is -2.30. The molecule has 1 aromatic carbocycles. The number of halogens is 2. The molecule has 0 unspecified atom stereocenters. The largest absolute Gasteiger partial charge is 0.382 e. The van der Waals surface area contributed by atoms with E-state index in [1.165, 1.54) is 12.1 Å². The molecule has 1 saturated carbocycles. The van der Waals surface area contributed by atoms with Crippen molar-refractivity contribution in [1.29, 1.82) is 0 Å². The minimum Gasteiger partial charge on any atom is -0.382 e. The first-order chi connectivity index (χ1) is 11.4. The lowest BCUT2D eigenvalue weighted by Crippen LogP contribution is -2.32. The summed E-state index contributed by atoms with van der Waals surface area (Å²) < 4.78 is 26.6. The number of anilines is 1. The summed E-state index contributed by atoms with van der Waals surface area (Å²) in [4.78, 5) is 18.8. The predicted molar refractivity (Wildman–Crippen MR) is 84.9 cm³/mol. The molecule has 3 rings (SSSR count). The summed E-state index contributed by atoms with van der Waals surface area (Å²) >= 11 is 0. The van der Waals surface area contributed by atoms with Crippen LogP contribution in [0.15, 0.2) is 36.7 Å². The smallest absolute Gasteiger partial charge is 0.270 e. The third-order valence-corrected chi connectivity index (χ3v) is 4.10. The van der Waals surface area contributed by atoms with E-state index in [9.17, 15) is 18.9 Å². The van der Waals surface area contributed by atoms with Crippen molar-refractivity contribution in [2.24, 2.45) is 0 Å². The number of hydrogen-bond acceptors (Lipinski definition) is 5. The fraction of sp³-hybridized carbons (Fsp3) is 0.375. The van der Waals surface area contributed by atoms with Crippen LogP contribution >= 0.6 is 0 Å². The molecule has 1 aliphatic rings. The van der Waals surface area contributed by atoms with E-state index >= 15 is 0 Å². The minimum atomic E-state index is -2.60. The third-order valence-electron chi connectivity index (χ3n) is 4.10. The molecule has 0 atom stereocenters. The summed E-state index contributed by atoms with van der Waals surface area (Å²) in [6.45, 7) is 0. The van der Waals surface area contributed by atoms with Crippen LogP contribution in [-0.2, 0) is 0 Å². The van der Waals surface area contributed by atoms with Crippen LogP contribution in [0.5, 0.6) is 0 Å². The van der Waals surface area contributed by atoms with Crippen molar-refractivity contribution in [3.05, 3.63) is 46.8 Å². The van der Waals surface area contributed by atoms with Crippen molar-refractivity contribution in [3.8, 4) is 11.4 Å². The van der Waals surface area contributed by atoms with Crippen LogP contribution in [0.1, 0.15) is 25.7 Å². The van der Waals surface area contributed by atoms with Gasteiger partial charge in [0.05, 0.1) is 4.92 Å². The Morgan fingerprint density at radius 2 is 1.88 bits per heavy atom. The molecule has 1 aliphatic carbocycles. The van der Waals surface area contributed by atoms with Crippen LogP contribution < -0.4 is 5.32 Å². The van der Waals surface area contributed by atoms with E-state index in [2.05, 4.69) is 15.3 Å². The molecule has 6 nitrogen and oxygen atoms in total. The number of hydrogen-bond donors (Lipinski definition) is 1. The van der Waals surface area contributed by atoms with Crippen LogP contribution in [0, 0.1) is 10.1 Å². The molecule has 24 heavy (non-hydrogen) atoms. The van der Waals surface area contributed by atoms with Gasteiger partial charge in [-0.25, -0.2) is 18.7 Å². The highest BCUT2D eigenvalue weighted by Gasteiger charge is 2.35. The van der Waals surface area contributed by atoms with Gasteiger partial charge in [-0.15, -0.1) is 0 Å². The number of benzene rings is 1. The molecular formula is C16H16F2N4O2. The number of nitro groups is 1. The molecule has 0 bridgehead atoms. The van der Waals surface area contributed by atoms with Crippen LogP contribution in [0.25, 0.3) is 11.4 Å².